The number of para-hydroxylation sites is 1. The molecule has 0 unspecified atom stereocenters. The number of hydrogen-bond donors (Lipinski definition) is 0. The Kier molecular flexibility index (Phi) is 4.47. The lowest BCUT2D eigenvalue weighted by molar-refractivity contribution is 0.0748. The van der Waals surface area contributed by atoms with E-state index in [2.05, 4.69) is 0 Å². The molecule has 0 spiro atoms. The number of thiophene rings is 1. The minimum Gasteiger partial charge on any atom is -0.366 e. The molecule has 0 N–H and O–H groups in total. The number of amides is 1. The Balaban J connectivity index is 1.60. The van der Waals surface area contributed by atoms with E-state index in [1.54, 1.807) is 30.3 Å². The van der Waals surface area contributed by atoms with Crippen LogP contribution in [-0.4, -0.2) is 41.6 Å². The average Bonchev–Trinajstić information content (AvgIpc) is 3.01. The second-order valence-corrected chi connectivity index (χ2v) is 7.99. The molecule has 27 heavy (non-hydrogen) atoms. The number of pyridine rings is 1. The largest absolute Gasteiger partial charge is 0.366 e. The maximum atomic E-state index is 14.0. The minimum atomic E-state index is -0.250. The van der Waals surface area contributed by atoms with Gasteiger partial charge < -0.3 is 14.4 Å². The monoisotopic (exact) mass is 385 g/mol. The van der Waals surface area contributed by atoms with Crippen molar-refractivity contribution in [1.82, 2.24) is 9.47 Å². The van der Waals surface area contributed by atoms with Gasteiger partial charge in [0.25, 0.3) is 11.5 Å². The molecule has 3 heterocycles. The molecule has 0 saturated carbocycles. The highest BCUT2D eigenvalue weighted by Gasteiger charge is 2.27. The van der Waals surface area contributed by atoms with Gasteiger partial charge in [0, 0.05) is 49.0 Å². The van der Waals surface area contributed by atoms with Gasteiger partial charge in [-0.1, -0.05) is 12.1 Å². The van der Waals surface area contributed by atoms with Crippen molar-refractivity contribution in [2.24, 2.45) is 7.05 Å². The minimum absolute atomic E-state index is 0.116. The zero-order valence-electron chi connectivity index (χ0n) is 15.2. The summed E-state index contributed by atoms with van der Waals surface area (Å²) in [5.74, 6) is -0.365. The van der Waals surface area contributed by atoms with E-state index in [-0.39, 0.29) is 17.3 Å². The topological polar surface area (TPSA) is 45.6 Å². The first-order chi connectivity index (χ1) is 13.0. The van der Waals surface area contributed by atoms with Gasteiger partial charge >= 0.3 is 0 Å². The molecule has 1 fully saturated rings. The van der Waals surface area contributed by atoms with Crippen molar-refractivity contribution in [3.8, 4) is 0 Å². The number of fused-ring (bicyclic) bond motifs is 1. The van der Waals surface area contributed by atoms with E-state index >= 15 is 0 Å². The van der Waals surface area contributed by atoms with Gasteiger partial charge in [-0.25, -0.2) is 4.39 Å². The number of aromatic nitrogens is 1. The molecular weight excluding hydrogens is 365 g/mol. The normalized spacial score (nSPS) is 14.8. The summed E-state index contributed by atoms with van der Waals surface area (Å²) in [4.78, 5) is 30.3. The molecule has 7 heteroatoms. The molecule has 5 nitrogen and oxygen atoms in total. The molecule has 1 aliphatic heterocycles. The molecule has 3 aromatic rings. The Morgan fingerprint density at radius 3 is 2.52 bits per heavy atom. The number of halogens is 1. The highest BCUT2D eigenvalue weighted by molar-refractivity contribution is 7.19. The lowest BCUT2D eigenvalue weighted by Gasteiger charge is -2.36. The molecule has 0 atom stereocenters. The van der Waals surface area contributed by atoms with Crippen LogP contribution in [-0.2, 0) is 7.05 Å². The Morgan fingerprint density at radius 2 is 1.81 bits per heavy atom. The van der Waals surface area contributed by atoms with E-state index in [0.717, 1.165) is 9.58 Å². The molecule has 1 amide bonds. The Morgan fingerprint density at radius 1 is 1.11 bits per heavy atom. The van der Waals surface area contributed by atoms with Crippen molar-refractivity contribution in [1.29, 1.82) is 0 Å². The fraction of sp³-hybridized carbons (Fsp3) is 0.300. The molecule has 0 bridgehead atoms. The molecule has 4 rings (SSSR count). The van der Waals surface area contributed by atoms with Gasteiger partial charge in [0.05, 0.1) is 16.6 Å². The number of nitrogens with zero attached hydrogens (tertiary/aromatic N) is 3. The third kappa shape index (κ3) is 3.02. The van der Waals surface area contributed by atoms with Gasteiger partial charge in [-0.05, 0) is 25.1 Å². The highest BCUT2D eigenvalue weighted by atomic mass is 32.1. The van der Waals surface area contributed by atoms with E-state index in [9.17, 15) is 14.0 Å². The zero-order chi connectivity index (χ0) is 19.1. The summed E-state index contributed by atoms with van der Waals surface area (Å²) in [6.07, 6.45) is 1.72. The molecule has 1 aromatic carbocycles. The molecule has 1 aliphatic rings. The third-order valence-corrected chi connectivity index (χ3v) is 6.14. The third-order valence-electron chi connectivity index (χ3n) is 5.07. The predicted octanol–water partition coefficient (Wildman–Crippen LogP) is 3.01. The van der Waals surface area contributed by atoms with E-state index < -0.39 is 0 Å². The molecular formula is C20H20FN3O2S. The van der Waals surface area contributed by atoms with Crippen molar-refractivity contribution in [2.45, 2.75) is 6.92 Å². The van der Waals surface area contributed by atoms with Crippen molar-refractivity contribution in [2.75, 3.05) is 31.1 Å². The van der Waals surface area contributed by atoms with Crippen molar-refractivity contribution >= 4 is 33.0 Å². The molecule has 0 radical (unpaired) electrons. The van der Waals surface area contributed by atoms with E-state index in [1.165, 1.54) is 22.0 Å². The number of rotatable bonds is 2. The molecule has 0 aliphatic carbocycles. The van der Waals surface area contributed by atoms with Crippen LogP contribution in [0.5, 0.6) is 0 Å². The number of benzene rings is 1. The Labute approximate surface area is 160 Å². The lowest BCUT2D eigenvalue weighted by Crippen LogP contribution is -2.49. The summed E-state index contributed by atoms with van der Waals surface area (Å²) in [7, 11) is 1.69. The van der Waals surface area contributed by atoms with E-state index in [4.69, 9.17) is 0 Å². The standard InChI is InChI=1S/C20H20FN3O2S/c1-13-17(18-16(27-13)7-8-22(2)19(18)25)20(26)24-11-9-23(10-12-24)15-6-4-3-5-14(15)21/h3-8H,9-12H2,1-2H3. The highest BCUT2D eigenvalue weighted by Crippen LogP contribution is 2.30. The first-order valence-corrected chi connectivity index (χ1v) is 9.66. The van der Waals surface area contributed by atoms with Crippen LogP contribution in [0, 0.1) is 12.7 Å². The van der Waals surface area contributed by atoms with Gasteiger partial charge in [0.2, 0.25) is 0 Å². The number of carbonyl (C=O) groups is 1. The van der Waals surface area contributed by atoms with E-state index in [0.29, 0.717) is 42.8 Å². The Hall–Kier alpha value is -2.67. The number of aryl methyl sites for hydroxylation is 2. The fourth-order valence-corrected chi connectivity index (χ4v) is 4.64. The summed E-state index contributed by atoms with van der Waals surface area (Å²) >= 11 is 1.47. The number of carbonyl (C=O) groups excluding carboxylic acids is 1. The SMILES string of the molecule is Cc1sc2ccn(C)c(=O)c2c1C(=O)N1CCN(c2ccccc2F)CC1. The second-order valence-electron chi connectivity index (χ2n) is 6.73. The molecule has 1 saturated heterocycles. The van der Waals surface area contributed by atoms with Crippen LogP contribution in [0.3, 0.4) is 0 Å². The first kappa shape index (κ1) is 17.7. The van der Waals surface area contributed by atoms with Crippen molar-refractivity contribution in [3.63, 3.8) is 0 Å². The summed E-state index contributed by atoms with van der Waals surface area (Å²) in [5.41, 5.74) is 0.927. The number of hydrogen-bond acceptors (Lipinski definition) is 4. The van der Waals surface area contributed by atoms with Gasteiger partial charge in [-0.15, -0.1) is 11.3 Å². The smallest absolute Gasteiger partial charge is 0.259 e. The number of anilines is 1. The first-order valence-electron chi connectivity index (χ1n) is 8.85. The average molecular weight is 385 g/mol. The van der Waals surface area contributed by atoms with Crippen LogP contribution in [0.15, 0.2) is 41.3 Å². The quantitative estimate of drug-likeness (QED) is 0.681. The summed E-state index contributed by atoms with van der Waals surface area (Å²) in [5, 5.41) is 0.504. The predicted molar refractivity (Wildman–Crippen MR) is 106 cm³/mol. The van der Waals surface area contributed by atoms with Crippen LogP contribution < -0.4 is 10.5 Å². The summed E-state index contributed by atoms with van der Waals surface area (Å²) in [6.45, 7) is 4.00. The van der Waals surface area contributed by atoms with Crippen LogP contribution in [0.25, 0.3) is 10.1 Å². The Bertz CT molecular complexity index is 1080. The van der Waals surface area contributed by atoms with Crippen molar-refractivity contribution in [3.05, 3.63) is 63.1 Å². The number of piperazine rings is 1. The second kappa shape index (κ2) is 6.81. The van der Waals surface area contributed by atoms with Crippen LogP contribution in [0.4, 0.5) is 10.1 Å². The molecule has 2 aromatic heterocycles. The fourth-order valence-electron chi connectivity index (χ4n) is 3.59. The molecule has 140 valence electrons. The summed E-state index contributed by atoms with van der Waals surface area (Å²) in [6, 6.07) is 8.56. The maximum Gasteiger partial charge on any atom is 0.259 e. The zero-order valence-corrected chi connectivity index (χ0v) is 16.1. The van der Waals surface area contributed by atoms with Crippen LogP contribution >= 0.6 is 11.3 Å². The maximum absolute atomic E-state index is 14.0. The van der Waals surface area contributed by atoms with Gasteiger partial charge in [-0.3, -0.25) is 9.59 Å². The van der Waals surface area contributed by atoms with E-state index in [1.807, 2.05) is 24.0 Å². The summed E-state index contributed by atoms with van der Waals surface area (Å²) < 4.78 is 16.3. The van der Waals surface area contributed by atoms with Gasteiger partial charge in [0.1, 0.15) is 5.82 Å². The van der Waals surface area contributed by atoms with Crippen molar-refractivity contribution < 1.29 is 9.18 Å². The van der Waals surface area contributed by atoms with Gasteiger partial charge in [0.15, 0.2) is 0 Å². The lowest BCUT2D eigenvalue weighted by atomic mass is 10.1. The van der Waals surface area contributed by atoms with Crippen LogP contribution in [0.2, 0.25) is 0 Å². The van der Waals surface area contributed by atoms with Crippen LogP contribution in [0.1, 0.15) is 15.2 Å². The van der Waals surface area contributed by atoms with Gasteiger partial charge in [-0.2, -0.15) is 0 Å².